The predicted molar refractivity (Wildman–Crippen MR) is 117 cm³/mol. The number of ether oxygens (including phenoxy) is 1. The number of rotatable bonds is 5. The SMILES string of the molecule is CC(C)(C)OC(=O)CCN1CCN(c2ccc(B3OC(C)(C)C(C)(C)O3)cc2F)C1=O. The Labute approximate surface area is 184 Å². The lowest BCUT2D eigenvalue weighted by atomic mass is 9.79. The molecule has 2 amide bonds. The first-order valence-corrected chi connectivity index (χ1v) is 10.6. The second kappa shape index (κ2) is 8.09. The molecule has 170 valence electrons. The van der Waals surface area contributed by atoms with E-state index in [4.69, 9.17) is 14.0 Å². The molecule has 9 heteroatoms. The maximum atomic E-state index is 14.9. The van der Waals surface area contributed by atoms with Crippen molar-refractivity contribution < 1.29 is 28.0 Å². The molecule has 0 radical (unpaired) electrons. The third kappa shape index (κ3) is 5.04. The minimum absolute atomic E-state index is 0.0974. The molecule has 0 saturated carbocycles. The molecule has 0 aliphatic carbocycles. The van der Waals surface area contributed by atoms with Gasteiger partial charge in [-0.2, -0.15) is 0 Å². The van der Waals surface area contributed by atoms with E-state index < -0.39 is 29.7 Å². The monoisotopic (exact) mass is 434 g/mol. The summed E-state index contributed by atoms with van der Waals surface area (Å²) in [7, 11) is -0.673. The predicted octanol–water partition coefficient (Wildman–Crippen LogP) is 3.10. The smallest absolute Gasteiger partial charge is 0.460 e. The van der Waals surface area contributed by atoms with Gasteiger partial charge in [0.25, 0.3) is 0 Å². The molecule has 0 aromatic heterocycles. The first-order chi connectivity index (χ1) is 14.2. The highest BCUT2D eigenvalue weighted by Crippen LogP contribution is 2.36. The van der Waals surface area contributed by atoms with Crippen molar-refractivity contribution >= 4 is 30.3 Å². The summed E-state index contributed by atoms with van der Waals surface area (Å²) in [5, 5.41) is 0. The van der Waals surface area contributed by atoms with Crippen molar-refractivity contribution in [1.29, 1.82) is 0 Å². The van der Waals surface area contributed by atoms with E-state index in [0.29, 0.717) is 18.6 Å². The lowest BCUT2D eigenvalue weighted by Crippen LogP contribution is -2.41. The first kappa shape index (κ1) is 23.5. The third-order valence-electron chi connectivity index (χ3n) is 5.89. The van der Waals surface area contributed by atoms with Gasteiger partial charge in [-0.15, -0.1) is 0 Å². The zero-order valence-electron chi connectivity index (χ0n) is 19.5. The standard InChI is InChI=1S/C22H32BFN2O5/c1-20(2,3)29-18(27)10-11-25-12-13-26(19(25)28)17-9-8-15(14-16(17)24)23-30-21(4,5)22(6,7)31-23/h8-9,14H,10-13H2,1-7H3. The molecule has 1 aromatic carbocycles. The highest BCUT2D eigenvalue weighted by Gasteiger charge is 2.51. The van der Waals surface area contributed by atoms with Crippen LogP contribution in [0.4, 0.5) is 14.9 Å². The van der Waals surface area contributed by atoms with E-state index in [2.05, 4.69) is 0 Å². The quantitative estimate of drug-likeness (QED) is 0.526. The molecular weight excluding hydrogens is 402 g/mol. The normalized spacial score (nSPS) is 20.5. The summed E-state index contributed by atoms with van der Waals surface area (Å²) in [6.07, 6.45) is 0.0974. The maximum Gasteiger partial charge on any atom is 0.494 e. The molecule has 2 heterocycles. The highest BCUT2D eigenvalue weighted by atomic mass is 19.1. The molecule has 3 rings (SSSR count). The molecular formula is C22H32BFN2O5. The van der Waals surface area contributed by atoms with Crippen molar-refractivity contribution in [3.8, 4) is 0 Å². The van der Waals surface area contributed by atoms with Crippen LogP contribution in [0.1, 0.15) is 54.9 Å². The number of anilines is 1. The Hall–Kier alpha value is -2.13. The molecule has 7 nitrogen and oxygen atoms in total. The number of carbonyl (C=O) groups is 2. The van der Waals surface area contributed by atoms with Crippen molar-refractivity contribution in [2.45, 2.75) is 71.7 Å². The molecule has 0 unspecified atom stereocenters. The van der Waals surface area contributed by atoms with E-state index >= 15 is 0 Å². The van der Waals surface area contributed by atoms with Gasteiger partial charge in [0.15, 0.2) is 0 Å². The van der Waals surface area contributed by atoms with Gasteiger partial charge in [0.2, 0.25) is 0 Å². The zero-order valence-corrected chi connectivity index (χ0v) is 19.5. The van der Waals surface area contributed by atoms with Crippen molar-refractivity contribution in [1.82, 2.24) is 4.90 Å². The second-order valence-corrected chi connectivity index (χ2v) is 10.1. The number of halogens is 1. The van der Waals surface area contributed by atoms with Gasteiger partial charge in [0.05, 0.1) is 23.3 Å². The molecule has 31 heavy (non-hydrogen) atoms. The van der Waals surface area contributed by atoms with Gasteiger partial charge < -0.3 is 18.9 Å². The summed E-state index contributed by atoms with van der Waals surface area (Å²) in [5.74, 6) is -0.883. The fourth-order valence-electron chi connectivity index (χ4n) is 3.50. The minimum atomic E-state index is -0.673. The number of carbonyl (C=O) groups excluding carboxylic acids is 2. The minimum Gasteiger partial charge on any atom is -0.460 e. The largest absolute Gasteiger partial charge is 0.494 e. The Bertz CT molecular complexity index is 852. The van der Waals surface area contributed by atoms with Gasteiger partial charge >= 0.3 is 19.1 Å². The van der Waals surface area contributed by atoms with Crippen molar-refractivity contribution in [3.63, 3.8) is 0 Å². The maximum absolute atomic E-state index is 14.9. The summed E-state index contributed by atoms with van der Waals surface area (Å²) in [5.41, 5.74) is -0.850. The van der Waals surface area contributed by atoms with E-state index in [1.165, 1.54) is 15.9 Å². The van der Waals surface area contributed by atoms with Crippen molar-refractivity contribution in [3.05, 3.63) is 24.0 Å². The van der Waals surface area contributed by atoms with Gasteiger partial charge in [0.1, 0.15) is 11.4 Å². The molecule has 0 spiro atoms. The summed E-state index contributed by atoms with van der Waals surface area (Å²) < 4.78 is 32.2. The molecule has 2 saturated heterocycles. The number of esters is 1. The highest BCUT2D eigenvalue weighted by molar-refractivity contribution is 6.62. The van der Waals surface area contributed by atoms with Crippen LogP contribution in [0.3, 0.4) is 0 Å². The van der Waals surface area contributed by atoms with Gasteiger partial charge in [0, 0.05) is 19.6 Å². The lowest BCUT2D eigenvalue weighted by molar-refractivity contribution is -0.154. The Kier molecular flexibility index (Phi) is 6.14. The fourth-order valence-corrected chi connectivity index (χ4v) is 3.50. The van der Waals surface area contributed by atoms with E-state index in [1.807, 2.05) is 27.7 Å². The number of hydrogen-bond donors (Lipinski definition) is 0. The van der Waals surface area contributed by atoms with E-state index in [1.54, 1.807) is 32.9 Å². The van der Waals surface area contributed by atoms with Crippen LogP contribution in [0, 0.1) is 5.82 Å². The van der Waals surface area contributed by atoms with Crippen molar-refractivity contribution in [2.24, 2.45) is 0 Å². The summed E-state index contributed by atoms with van der Waals surface area (Å²) in [6, 6.07) is 4.32. The summed E-state index contributed by atoms with van der Waals surface area (Å²) in [6.45, 7) is 14.1. The van der Waals surface area contributed by atoms with Crippen LogP contribution < -0.4 is 10.4 Å². The molecule has 0 bridgehead atoms. The average molecular weight is 434 g/mol. The summed E-state index contributed by atoms with van der Waals surface area (Å²) in [4.78, 5) is 27.6. The lowest BCUT2D eigenvalue weighted by Gasteiger charge is -2.32. The molecule has 2 fully saturated rings. The number of urea groups is 1. The van der Waals surface area contributed by atoms with Crippen LogP contribution in [-0.2, 0) is 18.8 Å². The first-order valence-electron chi connectivity index (χ1n) is 10.6. The number of nitrogens with zero attached hydrogens (tertiary/aromatic N) is 2. The van der Waals surface area contributed by atoms with Crippen LogP contribution in [-0.4, -0.2) is 60.5 Å². The van der Waals surface area contributed by atoms with Crippen LogP contribution >= 0.6 is 0 Å². The van der Waals surface area contributed by atoms with Gasteiger partial charge in [-0.1, -0.05) is 6.07 Å². The third-order valence-corrected chi connectivity index (χ3v) is 5.89. The Morgan fingerprint density at radius 2 is 1.77 bits per heavy atom. The van der Waals surface area contributed by atoms with Crippen molar-refractivity contribution in [2.75, 3.05) is 24.5 Å². The second-order valence-electron chi connectivity index (χ2n) is 10.1. The van der Waals surface area contributed by atoms with Gasteiger partial charge in [-0.3, -0.25) is 9.69 Å². The molecule has 2 aliphatic rings. The van der Waals surface area contributed by atoms with Gasteiger partial charge in [-0.25, -0.2) is 9.18 Å². The number of amides is 2. The molecule has 1 aromatic rings. The van der Waals surface area contributed by atoms with Crippen LogP contribution in [0.15, 0.2) is 18.2 Å². The van der Waals surface area contributed by atoms with E-state index in [0.717, 1.165) is 0 Å². The Morgan fingerprint density at radius 3 is 2.32 bits per heavy atom. The number of benzene rings is 1. The fraction of sp³-hybridized carbons (Fsp3) is 0.636. The topological polar surface area (TPSA) is 68.3 Å². The molecule has 0 atom stereocenters. The molecule has 2 aliphatic heterocycles. The zero-order chi connectivity index (χ0) is 23.2. The molecule has 0 N–H and O–H groups in total. The van der Waals surface area contributed by atoms with E-state index in [9.17, 15) is 14.0 Å². The van der Waals surface area contributed by atoms with Crippen LogP contribution in [0.25, 0.3) is 0 Å². The summed E-state index contributed by atoms with van der Waals surface area (Å²) >= 11 is 0. The van der Waals surface area contributed by atoms with Gasteiger partial charge in [-0.05, 0) is 66.1 Å². The Balaban J connectivity index is 1.65. The Morgan fingerprint density at radius 1 is 1.16 bits per heavy atom. The van der Waals surface area contributed by atoms with Crippen LogP contribution in [0.5, 0.6) is 0 Å². The number of hydrogen-bond acceptors (Lipinski definition) is 5. The average Bonchev–Trinajstić information content (AvgIpc) is 3.07. The van der Waals surface area contributed by atoms with Crippen LogP contribution in [0.2, 0.25) is 0 Å². The van der Waals surface area contributed by atoms with E-state index in [-0.39, 0.29) is 30.7 Å².